The predicted octanol–water partition coefficient (Wildman–Crippen LogP) is 2.79. The SMILES string of the molecule is C[S+]([O-])c1csc(-c2ccccc2S)c1.[NaH]. The molecule has 5 heteroatoms. The van der Waals surface area contributed by atoms with Gasteiger partial charge in [-0.05, 0) is 17.2 Å². The molecule has 0 aliphatic heterocycles. The van der Waals surface area contributed by atoms with Gasteiger partial charge in [-0.1, -0.05) is 18.2 Å². The molecule has 1 nitrogen and oxygen atoms in total. The fourth-order valence-electron chi connectivity index (χ4n) is 1.29. The van der Waals surface area contributed by atoms with Crippen molar-refractivity contribution in [1.29, 1.82) is 0 Å². The van der Waals surface area contributed by atoms with Gasteiger partial charge in [-0.3, -0.25) is 0 Å². The molecule has 0 spiro atoms. The van der Waals surface area contributed by atoms with Crippen LogP contribution in [0.25, 0.3) is 10.4 Å². The normalized spacial score (nSPS) is 11.9. The Morgan fingerprint density at radius 1 is 1.31 bits per heavy atom. The van der Waals surface area contributed by atoms with Crippen LogP contribution in [-0.4, -0.2) is 40.4 Å². The summed E-state index contributed by atoms with van der Waals surface area (Å²) in [6.45, 7) is 0. The molecule has 0 amide bonds. The summed E-state index contributed by atoms with van der Waals surface area (Å²) in [5.41, 5.74) is 1.10. The number of rotatable bonds is 2. The van der Waals surface area contributed by atoms with Gasteiger partial charge in [-0.2, -0.15) is 0 Å². The van der Waals surface area contributed by atoms with Gasteiger partial charge in [0.25, 0.3) is 0 Å². The van der Waals surface area contributed by atoms with Gasteiger partial charge in [0.2, 0.25) is 0 Å². The van der Waals surface area contributed by atoms with Crippen LogP contribution in [0.1, 0.15) is 0 Å². The van der Waals surface area contributed by atoms with E-state index in [0.29, 0.717) is 0 Å². The number of thiol groups is 1. The molecular formula is C11H11NaOS3. The molecular weight excluding hydrogens is 267 g/mol. The molecule has 0 bridgehead atoms. The summed E-state index contributed by atoms with van der Waals surface area (Å²) in [5, 5.41) is 1.94. The first-order valence-electron chi connectivity index (χ1n) is 4.39. The summed E-state index contributed by atoms with van der Waals surface area (Å²) in [7, 11) is 0. The molecule has 1 heterocycles. The van der Waals surface area contributed by atoms with Crippen molar-refractivity contribution in [2.24, 2.45) is 0 Å². The fourth-order valence-corrected chi connectivity index (χ4v) is 3.51. The van der Waals surface area contributed by atoms with E-state index in [1.54, 1.807) is 17.6 Å². The maximum atomic E-state index is 11.3. The van der Waals surface area contributed by atoms with Crippen molar-refractivity contribution in [2.45, 2.75) is 9.79 Å². The number of hydrogen-bond acceptors (Lipinski definition) is 3. The zero-order chi connectivity index (χ0) is 10.8. The van der Waals surface area contributed by atoms with Crippen LogP contribution in [0.15, 0.2) is 45.5 Å². The van der Waals surface area contributed by atoms with Crippen LogP contribution in [0.5, 0.6) is 0 Å². The van der Waals surface area contributed by atoms with Gasteiger partial charge in [0.15, 0.2) is 4.90 Å². The standard InChI is InChI=1S/C11H10OS3.Na.H/c1-15(12)8-6-11(14-7-8)9-4-2-3-5-10(9)13;;/h2-7,13H,1H3;;. The molecule has 0 radical (unpaired) electrons. The van der Waals surface area contributed by atoms with Gasteiger partial charge in [0.1, 0.15) is 6.26 Å². The van der Waals surface area contributed by atoms with Gasteiger partial charge < -0.3 is 4.55 Å². The van der Waals surface area contributed by atoms with Crippen molar-refractivity contribution in [3.63, 3.8) is 0 Å². The van der Waals surface area contributed by atoms with E-state index in [4.69, 9.17) is 0 Å². The fraction of sp³-hybridized carbons (Fsp3) is 0.0909. The summed E-state index contributed by atoms with van der Waals surface area (Å²) in [5.74, 6) is 0. The summed E-state index contributed by atoms with van der Waals surface area (Å²) >= 11 is 5.10. The second-order valence-electron chi connectivity index (χ2n) is 3.12. The number of benzene rings is 1. The van der Waals surface area contributed by atoms with Crippen LogP contribution in [0.3, 0.4) is 0 Å². The molecule has 0 fully saturated rings. The van der Waals surface area contributed by atoms with Crippen molar-refractivity contribution >= 4 is 64.7 Å². The van der Waals surface area contributed by atoms with Crippen LogP contribution in [0.4, 0.5) is 0 Å². The van der Waals surface area contributed by atoms with E-state index in [0.717, 1.165) is 20.2 Å². The summed E-state index contributed by atoms with van der Waals surface area (Å²) in [4.78, 5) is 2.95. The Bertz CT molecular complexity index is 468. The number of thiophene rings is 1. The zero-order valence-electron chi connectivity index (χ0n) is 8.14. The molecule has 0 saturated carbocycles. The van der Waals surface area contributed by atoms with Gasteiger partial charge in [0, 0.05) is 26.8 Å². The van der Waals surface area contributed by atoms with Crippen LogP contribution in [0, 0.1) is 0 Å². The van der Waals surface area contributed by atoms with E-state index in [9.17, 15) is 4.55 Å². The average Bonchev–Trinajstić information content (AvgIpc) is 2.67. The van der Waals surface area contributed by atoms with E-state index in [-0.39, 0.29) is 29.6 Å². The molecule has 0 aliphatic rings. The Hall–Kier alpha value is 0.580. The number of hydrogen-bond donors (Lipinski definition) is 1. The molecule has 16 heavy (non-hydrogen) atoms. The van der Waals surface area contributed by atoms with Gasteiger partial charge in [-0.15, -0.1) is 24.0 Å². The summed E-state index contributed by atoms with van der Waals surface area (Å²) in [6, 6.07) is 9.89. The van der Waals surface area contributed by atoms with Gasteiger partial charge in [-0.25, -0.2) is 0 Å². The molecule has 80 valence electrons. The molecule has 1 aromatic heterocycles. The summed E-state index contributed by atoms with van der Waals surface area (Å²) in [6.07, 6.45) is 1.69. The molecule has 1 aromatic carbocycles. The van der Waals surface area contributed by atoms with E-state index >= 15 is 0 Å². The van der Waals surface area contributed by atoms with Gasteiger partial charge >= 0.3 is 29.6 Å². The van der Waals surface area contributed by atoms with Crippen molar-refractivity contribution in [1.82, 2.24) is 0 Å². The van der Waals surface area contributed by atoms with Gasteiger partial charge in [0.05, 0.1) is 0 Å². The van der Waals surface area contributed by atoms with Crippen molar-refractivity contribution in [3.8, 4) is 10.4 Å². The van der Waals surface area contributed by atoms with Crippen LogP contribution >= 0.6 is 24.0 Å². The van der Waals surface area contributed by atoms with Crippen LogP contribution in [0.2, 0.25) is 0 Å². The van der Waals surface area contributed by atoms with E-state index < -0.39 is 11.2 Å². The monoisotopic (exact) mass is 278 g/mol. The molecule has 0 saturated heterocycles. The maximum absolute atomic E-state index is 11.3. The third kappa shape index (κ3) is 3.29. The summed E-state index contributed by atoms with van der Waals surface area (Å²) < 4.78 is 11.3. The quantitative estimate of drug-likeness (QED) is 0.509. The minimum atomic E-state index is -0.903. The molecule has 0 N–H and O–H groups in total. The van der Waals surface area contributed by atoms with Crippen LogP contribution < -0.4 is 0 Å². The Morgan fingerprint density at radius 2 is 2.00 bits per heavy atom. The Morgan fingerprint density at radius 3 is 2.56 bits per heavy atom. The first kappa shape index (κ1) is 14.6. The second kappa shape index (κ2) is 6.50. The molecule has 2 aromatic rings. The molecule has 1 unspecified atom stereocenters. The predicted molar refractivity (Wildman–Crippen MR) is 76.5 cm³/mol. The topological polar surface area (TPSA) is 23.1 Å². The van der Waals surface area contributed by atoms with Crippen molar-refractivity contribution in [3.05, 3.63) is 35.7 Å². The van der Waals surface area contributed by atoms with E-state index in [1.165, 1.54) is 0 Å². The minimum absolute atomic E-state index is 0. The third-order valence-electron chi connectivity index (χ3n) is 2.08. The van der Waals surface area contributed by atoms with Crippen LogP contribution in [-0.2, 0) is 11.2 Å². The molecule has 0 aliphatic carbocycles. The first-order chi connectivity index (χ1) is 7.18. The molecule has 1 atom stereocenters. The average molecular weight is 278 g/mol. The Labute approximate surface area is 130 Å². The Balaban J connectivity index is 0.00000128. The zero-order valence-corrected chi connectivity index (χ0v) is 10.7. The second-order valence-corrected chi connectivity index (χ2v) is 5.89. The third-order valence-corrected chi connectivity index (χ3v) is 4.48. The molecule has 2 rings (SSSR count). The van der Waals surface area contributed by atoms with Crippen molar-refractivity contribution in [2.75, 3.05) is 6.26 Å². The van der Waals surface area contributed by atoms with E-state index in [1.807, 2.05) is 35.7 Å². The Kier molecular flexibility index (Phi) is 5.94. The van der Waals surface area contributed by atoms with Crippen molar-refractivity contribution < 1.29 is 4.55 Å². The first-order valence-corrected chi connectivity index (χ1v) is 7.27. The van der Waals surface area contributed by atoms with E-state index in [2.05, 4.69) is 12.6 Å².